The number of para-hydroxylation sites is 4. The van der Waals surface area contributed by atoms with Crippen LogP contribution in [0.5, 0.6) is 0 Å². The Hall–Kier alpha value is -16.3. The van der Waals surface area contributed by atoms with Crippen molar-refractivity contribution < 1.29 is 0 Å². The second-order valence-corrected chi connectivity index (χ2v) is 31.2. The molecule has 0 bridgehead atoms. The molecule has 0 aliphatic heterocycles. The number of anilines is 12. The molecule has 122 heavy (non-hydrogen) atoms. The smallest absolute Gasteiger partial charge is 0.0542 e. The highest BCUT2D eigenvalue weighted by atomic mass is 15.2. The monoisotopic (exact) mass is 1560 g/mol. The van der Waals surface area contributed by atoms with E-state index in [1.54, 1.807) is 0 Å². The summed E-state index contributed by atoms with van der Waals surface area (Å²) in [6.45, 7) is 0. The molecule has 6 heteroatoms. The molecule has 0 aliphatic rings. The zero-order valence-electron chi connectivity index (χ0n) is 66.9. The Morgan fingerprint density at radius 1 is 0.131 bits per heavy atom. The van der Waals surface area contributed by atoms with Gasteiger partial charge in [0, 0.05) is 101 Å². The number of benzene rings is 20. The summed E-state index contributed by atoms with van der Waals surface area (Å²) < 4.78 is 4.94. The maximum absolute atomic E-state index is 2.47. The predicted octanol–water partition coefficient (Wildman–Crippen LogP) is 32.4. The van der Waals surface area contributed by atoms with Crippen molar-refractivity contribution in [3.05, 3.63) is 485 Å². The molecular formula is C116H80N6. The summed E-state index contributed by atoms with van der Waals surface area (Å²) in [7, 11) is 0. The molecule has 0 unspecified atom stereocenters. The summed E-state index contributed by atoms with van der Waals surface area (Å²) in [5.74, 6) is 0. The van der Waals surface area contributed by atoms with Crippen molar-refractivity contribution >= 4 is 133 Å². The number of aromatic nitrogens is 2. The fourth-order valence-electron chi connectivity index (χ4n) is 18.2. The van der Waals surface area contributed by atoms with Crippen molar-refractivity contribution in [2.75, 3.05) is 19.6 Å². The van der Waals surface area contributed by atoms with Crippen LogP contribution in [0.4, 0.5) is 68.2 Å². The molecule has 0 fully saturated rings. The van der Waals surface area contributed by atoms with Gasteiger partial charge in [-0.05, 0) is 271 Å². The quantitative estimate of drug-likeness (QED) is 0.0805. The van der Waals surface area contributed by atoms with Crippen LogP contribution in [0.15, 0.2) is 485 Å². The minimum atomic E-state index is 1.06. The average Bonchev–Trinajstić information content (AvgIpc) is 1.57. The molecule has 0 saturated heterocycles. The molecule has 0 spiro atoms. The first-order valence-electron chi connectivity index (χ1n) is 41.8. The van der Waals surface area contributed by atoms with E-state index < -0.39 is 0 Å². The number of nitrogens with zero attached hydrogens (tertiary/aromatic N) is 6. The summed E-state index contributed by atoms with van der Waals surface area (Å²) in [5.41, 5.74) is 31.1. The summed E-state index contributed by atoms with van der Waals surface area (Å²) in [6, 6.07) is 177. The Kier molecular flexibility index (Phi) is 18.5. The van der Waals surface area contributed by atoms with Crippen molar-refractivity contribution in [2.45, 2.75) is 0 Å². The molecule has 0 amide bonds. The van der Waals surface area contributed by atoms with Gasteiger partial charge in [0.25, 0.3) is 0 Å². The Morgan fingerprint density at radius 3 is 0.574 bits per heavy atom. The van der Waals surface area contributed by atoms with E-state index in [0.717, 1.165) is 134 Å². The van der Waals surface area contributed by atoms with E-state index in [1.807, 2.05) is 0 Å². The third-order valence-electron chi connectivity index (χ3n) is 24.0. The zero-order valence-corrected chi connectivity index (χ0v) is 66.9. The number of hydrogen-bond donors (Lipinski definition) is 0. The van der Waals surface area contributed by atoms with Crippen LogP contribution in [0.1, 0.15) is 0 Å². The van der Waals surface area contributed by atoms with Crippen LogP contribution in [-0.4, -0.2) is 9.13 Å². The van der Waals surface area contributed by atoms with Crippen LogP contribution < -0.4 is 19.6 Å². The fraction of sp³-hybridized carbons (Fsp3) is 0. The topological polar surface area (TPSA) is 22.8 Å². The molecule has 2 heterocycles. The SMILES string of the molecule is c1ccc(-c2ccc(N(c3ccccc3)c3ccc4c(c3)c3cc(N(c5ccccc5)c5ccc(-c6ccccc6)cc5)ccc3n4-c3ccc4c(-c5cccc6cc(-n7c8ccc(N(c9ccccc9)c9ccc(-c%10ccccc%10)cc9)cc8c8cc(N(c9ccccc9)c9ccc(-c%10ccccc%10)cc9)ccc87)ccc56)cccc4c3)cc2)cc1. The van der Waals surface area contributed by atoms with E-state index in [4.69, 9.17) is 0 Å². The lowest BCUT2D eigenvalue weighted by atomic mass is 9.93. The lowest BCUT2D eigenvalue weighted by Gasteiger charge is -2.26. The van der Waals surface area contributed by atoms with Crippen molar-refractivity contribution in [2.24, 2.45) is 0 Å². The predicted molar refractivity (Wildman–Crippen MR) is 516 cm³/mol. The van der Waals surface area contributed by atoms with E-state index >= 15 is 0 Å². The number of fused-ring (bicyclic) bond motifs is 8. The van der Waals surface area contributed by atoms with E-state index in [-0.39, 0.29) is 0 Å². The molecule has 0 N–H and O–H groups in total. The average molecular weight is 1560 g/mol. The van der Waals surface area contributed by atoms with Crippen LogP contribution in [0.25, 0.3) is 132 Å². The highest BCUT2D eigenvalue weighted by molar-refractivity contribution is 6.15. The molecule has 22 aromatic rings. The van der Waals surface area contributed by atoms with Gasteiger partial charge in [0.05, 0.1) is 22.1 Å². The van der Waals surface area contributed by atoms with Gasteiger partial charge < -0.3 is 28.7 Å². The Labute approximate surface area is 709 Å². The molecule has 6 nitrogen and oxygen atoms in total. The van der Waals surface area contributed by atoms with Gasteiger partial charge in [-0.3, -0.25) is 0 Å². The van der Waals surface area contributed by atoms with Gasteiger partial charge in [0.2, 0.25) is 0 Å². The Morgan fingerprint density at radius 2 is 0.336 bits per heavy atom. The highest BCUT2D eigenvalue weighted by Crippen LogP contribution is 2.48. The molecule has 2 aromatic heterocycles. The van der Waals surface area contributed by atoms with Gasteiger partial charge in [-0.1, -0.05) is 291 Å². The van der Waals surface area contributed by atoms with Crippen LogP contribution >= 0.6 is 0 Å². The van der Waals surface area contributed by atoms with Gasteiger partial charge in [-0.15, -0.1) is 0 Å². The van der Waals surface area contributed by atoms with Crippen LogP contribution in [0.3, 0.4) is 0 Å². The number of rotatable bonds is 19. The molecule has 574 valence electrons. The third kappa shape index (κ3) is 13.4. The molecular weight excluding hydrogens is 1480 g/mol. The van der Waals surface area contributed by atoms with Gasteiger partial charge >= 0.3 is 0 Å². The molecule has 0 radical (unpaired) electrons. The van der Waals surface area contributed by atoms with Gasteiger partial charge in [-0.2, -0.15) is 0 Å². The van der Waals surface area contributed by atoms with Crippen molar-refractivity contribution in [1.82, 2.24) is 9.13 Å². The van der Waals surface area contributed by atoms with Gasteiger partial charge in [0.1, 0.15) is 0 Å². The zero-order chi connectivity index (χ0) is 80.8. The Bertz CT molecular complexity index is 6730. The minimum Gasteiger partial charge on any atom is -0.310 e. The van der Waals surface area contributed by atoms with Crippen molar-refractivity contribution in [1.29, 1.82) is 0 Å². The van der Waals surface area contributed by atoms with Crippen molar-refractivity contribution in [3.63, 3.8) is 0 Å². The van der Waals surface area contributed by atoms with Crippen LogP contribution in [0.2, 0.25) is 0 Å². The standard InChI is InChI=1S/C116H80N6/c1-9-27-81(28-10-1)85-47-55-95(56-48-85)117(91-37-17-5-18-38-91)101-65-71-113-109(77-101)110-78-102(118(92-39-19-6-20-40-92)96-57-49-86(50-58-96)82-29-11-2-12-30-82)66-72-114(110)121(113)99-63-69-105-89(75-99)35-25-45-107(105)108-46-26-36-90-76-100(64-70-106(90)108)122-115-73-67-103(119(93-41-21-7-22-42-93)97-59-51-87(52-60-97)83-31-13-3-14-32-83)79-111(115)112-80-104(68-74-116(112)122)120(94-43-23-8-24-44-94)98-61-53-88(54-62-98)84-33-15-4-16-34-84/h1-80H. The normalized spacial score (nSPS) is 11.4. The first-order valence-corrected chi connectivity index (χ1v) is 41.8. The van der Waals surface area contributed by atoms with E-state index in [1.165, 1.54) is 66.4 Å². The first-order chi connectivity index (χ1) is 60.5. The maximum atomic E-state index is 2.47. The molecule has 0 aliphatic carbocycles. The molecule has 20 aromatic carbocycles. The lowest BCUT2D eigenvalue weighted by Crippen LogP contribution is -2.10. The summed E-state index contributed by atoms with van der Waals surface area (Å²) >= 11 is 0. The summed E-state index contributed by atoms with van der Waals surface area (Å²) in [6.07, 6.45) is 0. The van der Waals surface area contributed by atoms with E-state index in [0.29, 0.717) is 0 Å². The first kappa shape index (κ1) is 72.2. The minimum absolute atomic E-state index is 1.06. The largest absolute Gasteiger partial charge is 0.310 e. The van der Waals surface area contributed by atoms with Gasteiger partial charge in [-0.25, -0.2) is 0 Å². The third-order valence-corrected chi connectivity index (χ3v) is 24.0. The Balaban J connectivity index is 0.670. The van der Waals surface area contributed by atoms with Crippen LogP contribution in [0, 0.1) is 0 Å². The van der Waals surface area contributed by atoms with Crippen molar-refractivity contribution in [3.8, 4) is 67.0 Å². The summed E-state index contributed by atoms with van der Waals surface area (Å²) in [4.78, 5) is 9.53. The lowest BCUT2D eigenvalue weighted by molar-refractivity contribution is 1.18. The molecule has 0 saturated carbocycles. The van der Waals surface area contributed by atoms with E-state index in [2.05, 4.69) is 514 Å². The number of hydrogen-bond acceptors (Lipinski definition) is 4. The fourth-order valence-corrected chi connectivity index (χ4v) is 18.2. The maximum Gasteiger partial charge on any atom is 0.0542 e. The summed E-state index contributed by atoms with van der Waals surface area (Å²) in [5, 5.41) is 9.20. The molecule has 22 rings (SSSR count). The molecule has 0 atom stereocenters. The van der Waals surface area contributed by atoms with Gasteiger partial charge in [0.15, 0.2) is 0 Å². The second kappa shape index (κ2) is 31.3. The van der Waals surface area contributed by atoms with Crippen LogP contribution in [-0.2, 0) is 0 Å². The second-order valence-electron chi connectivity index (χ2n) is 31.2. The highest BCUT2D eigenvalue weighted by Gasteiger charge is 2.25. The van der Waals surface area contributed by atoms with E-state index in [9.17, 15) is 0 Å².